The van der Waals surface area contributed by atoms with Crippen molar-refractivity contribution < 1.29 is 0 Å². The van der Waals surface area contributed by atoms with Gasteiger partial charge in [-0.2, -0.15) is 0 Å². The number of guanidine groups is 1. The molecule has 8 heteroatoms. The Labute approximate surface area is 191 Å². The van der Waals surface area contributed by atoms with Crippen LogP contribution in [0.25, 0.3) is 5.65 Å². The van der Waals surface area contributed by atoms with Crippen molar-refractivity contribution in [2.75, 3.05) is 39.3 Å². The van der Waals surface area contributed by atoms with Gasteiger partial charge in [0.15, 0.2) is 11.6 Å². The summed E-state index contributed by atoms with van der Waals surface area (Å²) in [5, 5.41) is 15.3. The van der Waals surface area contributed by atoms with Crippen molar-refractivity contribution in [3.8, 4) is 0 Å². The van der Waals surface area contributed by atoms with Crippen molar-refractivity contribution >= 4 is 35.6 Å². The molecule has 0 spiro atoms. The number of hydrogen-bond donors (Lipinski definition) is 2. The molecule has 0 unspecified atom stereocenters. The van der Waals surface area contributed by atoms with Crippen LogP contribution in [0.1, 0.15) is 51.3 Å². The Bertz CT molecular complexity index is 723. The number of rotatable bonds is 9. The fourth-order valence-electron chi connectivity index (χ4n) is 3.70. The van der Waals surface area contributed by atoms with Gasteiger partial charge in [-0.3, -0.25) is 9.39 Å². The molecule has 1 aliphatic heterocycles. The number of nitrogens with zero attached hydrogens (tertiary/aromatic N) is 5. The van der Waals surface area contributed by atoms with E-state index < -0.39 is 0 Å². The summed E-state index contributed by atoms with van der Waals surface area (Å²) in [6, 6.07) is 5.98. The molecular formula is C21H36IN7. The topological polar surface area (TPSA) is 69.8 Å². The van der Waals surface area contributed by atoms with Gasteiger partial charge in [-0.05, 0) is 64.4 Å². The second-order valence-electron chi connectivity index (χ2n) is 7.45. The predicted octanol–water partition coefficient (Wildman–Crippen LogP) is 3.10. The largest absolute Gasteiger partial charge is 0.357 e. The molecule has 0 aromatic carbocycles. The zero-order valence-electron chi connectivity index (χ0n) is 17.6. The van der Waals surface area contributed by atoms with E-state index in [1.165, 1.54) is 45.3 Å². The number of likely N-dealkylation sites (tertiary alicyclic amines) is 1. The standard InChI is InChI=1S/C21H35N7.HI/c1-2-22-21(24-14-10-17-27-15-6-3-4-7-16-27)23-13-9-12-20-26-25-19-11-5-8-18-28(19)20;/h5,8,11,18H,2-4,6-7,9-10,12-17H2,1H3,(H2,22,23,24);1H. The van der Waals surface area contributed by atoms with Crippen LogP contribution >= 0.6 is 24.0 Å². The number of aliphatic imine (C=N–C) groups is 1. The van der Waals surface area contributed by atoms with Crippen LogP contribution in [0.15, 0.2) is 29.4 Å². The molecule has 0 amide bonds. The summed E-state index contributed by atoms with van der Waals surface area (Å²) in [6.45, 7) is 8.47. The molecule has 1 fully saturated rings. The highest BCUT2D eigenvalue weighted by atomic mass is 127. The number of pyridine rings is 1. The fraction of sp³-hybridized carbons (Fsp3) is 0.667. The maximum Gasteiger partial charge on any atom is 0.191 e. The van der Waals surface area contributed by atoms with Crippen LogP contribution in [0.2, 0.25) is 0 Å². The van der Waals surface area contributed by atoms with Gasteiger partial charge in [0.05, 0.1) is 0 Å². The molecule has 1 aliphatic rings. The summed E-state index contributed by atoms with van der Waals surface area (Å²) in [7, 11) is 0. The van der Waals surface area contributed by atoms with Crippen molar-refractivity contribution in [1.82, 2.24) is 30.1 Å². The van der Waals surface area contributed by atoms with Crippen LogP contribution in [0.5, 0.6) is 0 Å². The first-order chi connectivity index (χ1) is 13.9. The van der Waals surface area contributed by atoms with Crippen LogP contribution in [0.3, 0.4) is 0 Å². The normalized spacial score (nSPS) is 15.7. The lowest BCUT2D eigenvalue weighted by Crippen LogP contribution is -2.39. The molecule has 3 rings (SSSR count). The van der Waals surface area contributed by atoms with Gasteiger partial charge < -0.3 is 15.5 Å². The van der Waals surface area contributed by atoms with Gasteiger partial charge in [-0.25, -0.2) is 0 Å². The van der Waals surface area contributed by atoms with E-state index in [0.717, 1.165) is 56.3 Å². The first-order valence-corrected chi connectivity index (χ1v) is 10.9. The predicted molar refractivity (Wildman–Crippen MR) is 130 cm³/mol. The summed E-state index contributed by atoms with van der Waals surface area (Å²) in [5.41, 5.74) is 0.903. The van der Waals surface area contributed by atoms with E-state index in [9.17, 15) is 0 Å². The molecule has 29 heavy (non-hydrogen) atoms. The molecule has 2 aromatic heterocycles. The quantitative estimate of drug-likeness (QED) is 0.234. The number of aryl methyl sites for hydroxylation is 1. The summed E-state index contributed by atoms with van der Waals surface area (Å²) in [4.78, 5) is 7.33. The third-order valence-corrected chi connectivity index (χ3v) is 5.20. The van der Waals surface area contributed by atoms with Crippen LogP contribution in [0, 0.1) is 0 Å². The molecule has 0 atom stereocenters. The summed E-state index contributed by atoms with van der Waals surface area (Å²) in [5.74, 6) is 1.92. The Hall–Kier alpha value is -1.42. The molecular weight excluding hydrogens is 477 g/mol. The van der Waals surface area contributed by atoms with Crippen LogP contribution < -0.4 is 10.6 Å². The van der Waals surface area contributed by atoms with Crippen molar-refractivity contribution in [3.05, 3.63) is 30.2 Å². The minimum Gasteiger partial charge on any atom is -0.357 e. The van der Waals surface area contributed by atoms with E-state index in [2.05, 4.69) is 37.1 Å². The van der Waals surface area contributed by atoms with Gasteiger partial charge in [-0.15, -0.1) is 34.2 Å². The zero-order valence-corrected chi connectivity index (χ0v) is 20.0. The lowest BCUT2D eigenvalue weighted by molar-refractivity contribution is 0.282. The third-order valence-electron chi connectivity index (χ3n) is 5.20. The lowest BCUT2D eigenvalue weighted by atomic mass is 10.2. The van der Waals surface area contributed by atoms with Gasteiger partial charge in [-0.1, -0.05) is 18.9 Å². The van der Waals surface area contributed by atoms with Crippen molar-refractivity contribution in [3.63, 3.8) is 0 Å². The van der Waals surface area contributed by atoms with E-state index >= 15 is 0 Å². The Morgan fingerprint density at radius 2 is 1.90 bits per heavy atom. The Kier molecular flexibility index (Phi) is 11.3. The average molecular weight is 513 g/mol. The Morgan fingerprint density at radius 1 is 1.07 bits per heavy atom. The summed E-state index contributed by atoms with van der Waals surface area (Å²) < 4.78 is 2.05. The highest BCUT2D eigenvalue weighted by molar-refractivity contribution is 14.0. The van der Waals surface area contributed by atoms with Gasteiger partial charge in [0, 0.05) is 32.3 Å². The van der Waals surface area contributed by atoms with Gasteiger partial charge >= 0.3 is 0 Å². The minimum absolute atomic E-state index is 0. The van der Waals surface area contributed by atoms with Crippen LogP contribution in [-0.2, 0) is 6.42 Å². The van der Waals surface area contributed by atoms with E-state index in [4.69, 9.17) is 4.99 Å². The van der Waals surface area contributed by atoms with E-state index in [-0.39, 0.29) is 24.0 Å². The summed E-state index contributed by atoms with van der Waals surface area (Å²) >= 11 is 0. The van der Waals surface area contributed by atoms with E-state index in [0.29, 0.717) is 0 Å². The SMILES string of the molecule is CCNC(=NCCCc1nnc2ccccn12)NCCCN1CCCCCC1.I. The Balaban J connectivity index is 0.00000300. The first kappa shape index (κ1) is 23.9. The highest BCUT2D eigenvalue weighted by Crippen LogP contribution is 2.09. The fourth-order valence-corrected chi connectivity index (χ4v) is 3.70. The number of fused-ring (bicyclic) bond motifs is 1. The number of halogens is 1. The number of hydrogen-bond acceptors (Lipinski definition) is 4. The molecule has 7 nitrogen and oxygen atoms in total. The summed E-state index contributed by atoms with van der Waals surface area (Å²) in [6.07, 6.45) is 10.5. The molecule has 0 radical (unpaired) electrons. The second kappa shape index (κ2) is 13.7. The molecule has 0 bridgehead atoms. The number of nitrogens with one attached hydrogen (secondary N) is 2. The molecule has 0 saturated carbocycles. The van der Waals surface area contributed by atoms with Gasteiger partial charge in [0.1, 0.15) is 5.82 Å². The molecule has 2 aromatic rings. The second-order valence-corrected chi connectivity index (χ2v) is 7.45. The van der Waals surface area contributed by atoms with E-state index in [1.54, 1.807) is 0 Å². The monoisotopic (exact) mass is 513 g/mol. The minimum atomic E-state index is 0. The van der Waals surface area contributed by atoms with Gasteiger partial charge in [0.25, 0.3) is 0 Å². The van der Waals surface area contributed by atoms with Crippen LogP contribution in [-0.4, -0.2) is 64.7 Å². The maximum atomic E-state index is 4.72. The molecule has 0 aliphatic carbocycles. The zero-order chi connectivity index (χ0) is 19.4. The molecule has 162 valence electrons. The molecule has 2 N–H and O–H groups in total. The molecule has 3 heterocycles. The van der Waals surface area contributed by atoms with E-state index in [1.807, 2.05) is 24.4 Å². The van der Waals surface area contributed by atoms with Crippen molar-refractivity contribution in [1.29, 1.82) is 0 Å². The van der Waals surface area contributed by atoms with Gasteiger partial charge in [0.2, 0.25) is 0 Å². The third kappa shape index (κ3) is 8.08. The highest BCUT2D eigenvalue weighted by Gasteiger charge is 2.08. The van der Waals surface area contributed by atoms with Crippen molar-refractivity contribution in [2.24, 2.45) is 4.99 Å². The average Bonchev–Trinajstić information content (AvgIpc) is 2.94. The van der Waals surface area contributed by atoms with Crippen molar-refractivity contribution in [2.45, 2.75) is 51.9 Å². The molecule has 1 saturated heterocycles. The number of aromatic nitrogens is 3. The maximum absolute atomic E-state index is 4.72. The van der Waals surface area contributed by atoms with Crippen LogP contribution in [0.4, 0.5) is 0 Å². The lowest BCUT2D eigenvalue weighted by Gasteiger charge is -2.20. The smallest absolute Gasteiger partial charge is 0.191 e. The first-order valence-electron chi connectivity index (χ1n) is 10.9. The Morgan fingerprint density at radius 3 is 2.69 bits per heavy atom.